The van der Waals surface area contributed by atoms with Crippen LogP contribution in [-0.2, 0) is 36.6 Å². The van der Waals surface area contributed by atoms with Gasteiger partial charge in [0.15, 0.2) is 0 Å². The number of hydrogen-bond donors (Lipinski definition) is 1. The lowest BCUT2D eigenvalue weighted by atomic mass is 9.87. The van der Waals surface area contributed by atoms with Crippen molar-refractivity contribution < 1.29 is 28.9 Å². The van der Waals surface area contributed by atoms with Crippen LogP contribution >= 0.6 is 0 Å². The Morgan fingerprint density at radius 2 is 1.78 bits per heavy atom. The molecule has 1 aromatic rings. The highest BCUT2D eigenvalue weighted by Crippen LogP contribution is 2.29. The van der Waals surface area contributed by atoms with E-state index in [1.54, 1.807) is 13.8 Å². The molecule has 1 aliphatic rings. The van der Waals surface area contributed by atoms with Gasteiger partial charge in [-0.1, -0.05) is 64.5 Å². The number of esters is 2. The highest BCUT2D eigenvalue weighted by Gasteiger charge is 2.30. The Bertz CT molecular complexity index is 792. The summed E-state index contributed by atoms with van der Waals surface area (Å²) < 4.78 is 17.0. The molecule has 0 aromatic heterocycles. The van der Waals surface area contributed by atoms with Gasteiger partial charge in [0.1, 0.15) is 0 Å². The smallest absolute Gasteiger partial charge is 0.335 e. The molecule has 1 aromatic carbocycles. The van der Waals surface area contributed by atoms with E-state index in [2.05, 4.69) is 37.8 Å². The van der Waals surface area contributed by atoms with Gasteiger partial charge in [-0.05, 0) is 62.0 Å². The zero-order chi connectivity index (χ0) is 26.3. The van der Waals surface area contributed by atoms with Gasteiger partial charge in [0.2, 0.25) is 0 Å². The standard InChI is InChI=1S/C30H46O6/c1-5-6-7-8-24-9-11-25(12-10-24)13-14-26-15-16-28(35-20-26)27(17-18-34-29(32)22(2)3)21-36-30(33)23(4)19-31/h9-12,22,26-28,31H,4-8,13-21H2,1-3H3. The van der Waals surface area contributed by atoms with E-state index in [-0.39, 0.29) is 42.7 Å². The molecule has 202 valence electrons. The number of aryl methyl sites for hydroxylation is 2. The van der Waals surface area contributed by atoms with Gasteiger partial charge in [-0.15, -0.1) is 0 Å². The van der Waals surface area contributed by atoms with Crippen LogP contribution < -0.4 is 0 Å². The number of hydrogen-bond acceptors (Lipinski definition) is 6. The maximum atomic E-state index is 12.0. The lowest BCUT2D eigenvalue weighted by Gasteiger charge is -2.34. The minimum absolute atomic E-state index is 0.0265. The minimum Gasteiger partial charge on any atom is -0.465 e. The van der Waals surface area contributed by atoms with Crippen molar-refractivity contribution in [1.29, 1.82) is 0 Å². The van der Waals surface area contributed by atoms with Crippen molar-refractivity contribution in [1.82, 2.24) is 0 Å². The third-order valence-corrected chi connectivity index (χ3v) is 6.98. The van der Waals surface area contributed by atoms with Crippen LogP contribution in [0.2, 0.25) is 0 Å². The van der Waals surface area contributed by atoms with Crippen LogP contribution in [0.15, 0.2) is 36.4 Å². The first-order chi connectivity index (χ1) is 17.3. The molecule has 0 amide bonds. The van der Waals surface area contributed by atoms with Crippen molar-refractivity contribution in [3.63, 3.8) is 0 Å². The summed E-state index contributed by atoms with van der Waals surface area (Å²) in [6, 6.07) is 9.05. The van der Waals surface area contributed by atoms with Crippen molar-refractivity contribution in [3.05, 3.63) is 47.5 Å². The minimum atomic E-state index is -0.605. The van der Waals surface area contributed by atoms with Gasteiger partial charge >= 0.3 is 11.9 Å². The fraction of sp³-hybridized carbons (Fsp3) is 0.667. The van der Waals surface area contributed by atoms with E-state index in [4.69, 9.17) is 19.3 Å². The van der Waals surface area contributed by atoms with Crippen LogP contribution in [0.5, 0.6) is 0 Å². The lowest BCUT2D eigenvalue weighted by molar-refractivity contribution is -0.151. The predicted octanol–water partition coefficient (Wildman–Crippen LogP) is 5.44. The van der Waals surface area contributed by atoms with Crippen molar-refractivity contribution in [2.75, 3.05) is 26.4 Å². The topological polar surface area (TPSA) is 82.1 Å². The summed E-state index contributed by atoms with van der Waals surface area (Å²) >= 11 is 0. The van der Waals surface area contributed by atoms with Crippen molar-refractivity contribution in [2.24, 2.45) is 17.8 Å². The van der Waals surface area contributed by atoms with Gasteiger partial charge in [-0.25, -0.2) is 4.79 Å². The van der Waals surface area contributed by atoms with Crippen LogP contribution in [-0.4, -0.2) is 49.6 Å². The monoisotopic (exact) mass is 502 g/mol. The summed E-state index contributed by atoms with van der Waals surface area (Å²) in [6.45, 7) is 10.0. The number of rotatable bonds is 16. The normalized spacial score (nSPS) is 18.6. The number of unbranched alkanes of at least 4 members (excludes halogenated alkanes) is 2. The largest absolute Gasteiger partial charge is 0.465 e. The van der Waals surface area contributed by atoms with Crippen LogP contribution in [0, 0.1) is 17.8 Å². The first kappa shape index (κ1) is 30.0. The molecule has 0 saturated carbocycles. The summed E-state index contributed by atoms with van der Waals surface area (Å²) in [4.78, 5) is 23.8. The Kier molecular flexibility index (Phi) is 13.8. The number of aliphatic hydroxyl groups is 1. The van der Waals surface area contributed by atoms with Crippen molar-refractivity contribution >= 4 is 11.9 Å². The van der Waals surface area contributed by atoms with E-state index >= 15 is 0 Å². The van der Waals surface area contributed by atoms with Gasteiger partial charge in [0, 0.05) is 12.5 Å². The summed E-state index contributed by atoms with van der Waals surface area (Å²) in [6.07, 6.45) is 9.51. The van der Waals surface area contributed by atoms with Crippen molar-refractivity contribution in [2.45, 2.75) is 84.7 Å². The third-order valence-electron chi connectivity index (χ3n) is 6.98. The van der Waals surface area contributed by atoms with Crippen LogP contribution in [0.4, 0.5) is 0 Å². The molecule has 2 rings (SSSR count). The fourth-order valence-corrected chi connectivity index (χ4v) is 4.45. The number of benzene rings is 1. The lowest BCUT2D eigenvalue weighted by Crippen LogP contribution is -2.36. The third kappa shape index (κ3) is 10.8. The highest BCUT2D eigenvalue weighted by atomic mass is 16.5. The molecule has 1 aliphatic heterocycles. The van der Waals surface area contributed by atoms with Gasteiger partial charge < -0.3 is 19.3 Å². The molecule has 6 heteroatoms. The van der Waals surface area contributed by atoms with E-state index < -0.39 is 12.6 Å². The maximum Gasteiger partial charge on any atom is 0.335 e. The summed E-state index contributed by atoms with van der Waals surface area (Å²) in [7, 11) is 0. The van der Waals surface area contributed by atoms with Gasteiger partial charge in [-0.2, -0.15) is 0 Å². The summed E-state index contributed by atoms with van der Waals surface area (Å²) in [5.41, 5.74) is 2.82. The van der Waals surface area contributed by atoms with E-state index in [0.717, 1.165) is 32.1 Å². The number of ether oxygens (including phenoxy) is 3. The van der Waals surface area contributed by atoms with Gasteiger partial charge in [-0.3, -0.25) is 4.79 Å². The second-order valence-corrected chi connectivity index (χ2v) is 10.4. The van der Waals surface area contributed by atoms with Crippen LogP contribution in [0.25, 0.3) is 0 Å². The van der Waals surface area contributed by atoms with Gasteiger partial charge in [0.25, 0.3) is 0 Å². The molecular formula is C30H46O6. The second-order valence-electron chi connectivity index (χ2n) is 10.4. The SMILES string of the molecule is C=C(CO)C(=O)OCC(CCOC(=O)C(C)C)C1CCC(CCc2ccc(CCCCC)cc2)CO1. The summed E-state index contributed by atoms with van der Waals surface area (Å²) in [5, 5.41) is 9.11. The number of carbonyl (C=O) groups excluding carboxylic acids is 2. The average Bonchev–Trinajstić information content (AvgIpc) is 2.89. The molecular weight excluding hydrogens is 456 g/mol. The molecule has 0 spiro atoms. The van der Waals surface area contributed by atoms with E-state index in [1.165, 1.54) is 30.4 Å². The van der Waals surface area contributed by atoms with Crippen LogP contribution in [0.1, 0.15) is 76.8 Å². The predicted molar refractivity (Wildman–Crippen MR) is 142 cm³/mol. The zero-order valence-corrected chi connectivity index (χ0v) is 22.5. The first-order valence-electron chi connectivity index (χ1n) is 13.7. The number of carbonyl (C=O) groups is 2. The molecule has 36 heavy (non-hydrogen) atoms. The quantitative estimate of drug-likeness (QED) is 0.184. The van der Waals surface area contributed by atoms with Crippen LogP contribution in [0.3, 0.4) is 0 Å². The molecule has 1 N–H and O–H groups in total. The first-order valence-corrected chi connectivity index (χ1v) is 13.7. The highest BCUT2D eigenvalue weighted by molar-refractivity contribution is 5.87. The molecule has 1 fully saturated rings. The Morgan fingerprint density at radius 1 is 1.08 bits per heavy atom. The molecule has 3 unspecified atom stereocenters. The summed E-state index contributed by atoms with van der Waals surface area (Å²) in [5.74, 6) is -0.605. The zero-order valence-electron chi connectivity index (χ0n) is 22.5. The Morgan fingerprint density at radius 3 is 2.36 bits per heavy atom. The molecule has 0 radical (unpaired) electrons. The molecule has 1 saturated heterocycles. The molecule has 0 aliphatic carbocycles. The maximum absolute atomic E-state index is 12.0. The molecule has 1 heterocycles. The second kappa shape index (κ2) is 16.5. The van der Waals surface area contributed by atoms with Gasteiger partial charge in [0.05, 0.1) is 37.4 Å². The molecule has 0 bridgehead atoms. The van der Waals surface area contributed by atoms with E-state index in [9.17, 15) is 9.59 Å². The Labute approximate surface area is 217 Å². The van der Waals surface area contributed by atoms with Crippen molar-refractivity contribution in [3.8, 4) is 0 Å². The average molecular weight is 503 g/mol. The Hall–Kier alpha value is -2.18. The number of aliphatic hydroxyl groups excluding tert-OH is 1. The fourth-order valence-electron chi connectivity index (χ4n) is 4.45. The Balaban J connectivity index is 1.81. The molecule has 3 atom stereocenters. The molecule has 6 nitrogen and oxygen atoms in total. The van der Waals surface area contributed by atoms with E-state index in [1.807, 2.05) is 0 Å². The van der Waals surface area contributed by atoms with E-state index in [0.29, 0.717) is 18.9 Å².